The van der Waals surface area contributed by atoms with E-state index in [1.807, 2.05) is 6.07 Å². The molecule has 0 spiro atoms. The number of nitrogens with one attached hydrogen (secondary N) is 1. The van der Waals surface area contributed by atoms with Gasteiger partial charge in [-0.05, 0) is 5.92 Å². The first-order chi connectivity index (χ1) is 6.75. The Kier molecular flexibility index (Phi) is 2.63. The van der Waals surface area contributed by atoms with Crippen LogP contribution < -0.4 is 10.1 Å². The highest BCUT2D eigenvalue weighted by atomic mass is 16.5. The Morgan fingerprint density at radius 1 is 1.43 bits per heavy atom. The Balaban J connectivity index is 2.05. The van der Waals surface area contributed by atoms with Gasteiger partial charge in [-0.3, -0.25) is 0 Å². The van der Waals surface area contributed by atoms with Gasteiger partial charge in [0.15, 0.2) is 0 Å². The largest absolute Gasteiger partial charge is 0.472 e. The smallest absolute Gasteiger partial charge is 0.216 e. The molecule has 0 aliphatic carbocycles. The summed E-state index contributed by atoms with van der Waals surface area (Å²) in [6, 6.07) is 1.92. The first kappa shape index (κ1) is 9.40. The van der Waals surface area contributed by atoms with Crippen molar-refractivity contribution in [3.05, 3.63) is 18.1 Å². The number of hydrogen-bond acceptors (Lipinski definition) is 4. The average molecular weight is 193 g/mol. The van der Waals surface area contributed by atoms with Crippen molar-refractivity contribution in [2.75, 3.05) is 13.1 Å². The molecule has 76 valence electrons. The minimum Gasteiger partial charge on any atom is -0.472 e. The second-order valence-electron chi connectivity index (χ2n) is 3.83. The molecule has 1 aliphatic rings. The maximum Gasteiger partial charge on any atom is 0.216 e. The molecule has 1 aliphatic heterocycles. The lowest BCUT2D eigenvalue weighted by atomic mass is 10.1. The SMILES string of the molecule is CC(C)c1cc(OC2CNC2)ncn1. The summed E-state index contributed by atoms with van der Waals surface area (Å²) in [4.78, 5) is 8.27. The Hall–Kier alpha value is -1.16. The monoisotopic (exact) mass is 193 g/mol. The van der Waals surface area contributed by atoms with Gasteiger partial charge in [0, 0.05) is 19.2 Å². The molecule has 1 aromatic rings. The molecule has 1 N–H and O–H groups in total. The zero-order valence-electron chi connectivity index (χ0n) is 8.53. The van der Waals surface area contributed by atoms with Crippen LogP contribution in [0.3, 0.4) is 0 Å². The van der Waals surface area contributed by atoms with Crippen molar-refractivity contribution in [1.29, 1.82) is 0 Å². The number of rotatable bonds is 3. The van der Waals surface area contributed by atoms with Crippen molar-refractivity contribution in [2.45, 2.75) is 25.9 Å². The molecule has 1 saturated heterocycles. The van der Waals surface area contributed by atoms with E-state index in [-0.39, 0.29) is 6.10 Å². The molecule has 2 heterocycles. The summed E-state index contributed by atoms with van der Waals surface area (Å²) in [5.74, 6) is 1.11. The van der Waals surface area contributed by atoms with Crippen LogP contribution in [0.4, 0.5) is 0 Å². The molecule has 1 aromatic heterocycles. The summed E-state index contributed by atoms with van der Waals surface area (Å²) in [6.45, 7) is 6.05. The highest BCUT2D eigenvalue weighted by Crippen LogP contribution is 2.16. The van der Waals surface area contributed by atoms with Gasteiger partial charge >= 0.3 is 0 Å². The van der Waals surface area contributed by atoms with E-state index in [2.05, 4.69) is 29.1 Å². The highest BCUT2D eigenvalue weighted by molar-refractivity contribution is 5.16. The number of hydrogen-bond donors (Lipinski definition) is 1. The molecule has 0 unspecified atom stereocenters. The molecular weight excluding hydrogens is 178 g/mol. The third-order valence-corrected chi connectivity index (χ3v) is 2.29. The van der Waals surface area contributed by atoms with Crippen molar-refractivity contribution in [3.8, 4) is 5.88 Å². The molecular formula is C10H15N3O. The van der Waals surface area contributed by atoms with Crippen molar-refractivity contribution < 1.29 is 4.74 Å². The molecule has 4 heteroatoms. The van der Waals surface area contributed by atoms with E-state index in [1.165, 1.54) is 0 Å². The summed E-state index contributed by atoms with van der Waals surface area (Å²) in [7, 11) is 0. The molecule has 4 nitrogen and oxygen atoms in total. The van der Waals surface area contributed by atoms with Crippen LogP contribution in [-0.4, -0.2) is 29.2 Å². The van der Waals surface area contributed by atoms with E-state index in [1.54, 1.807) is 6.33 Å². The van der Waals surface area contributed by atoms with E-state index in [0.29, 0.717) is 11.8 Å². The van der Waals surface area contributed by atoms with Crippen LogP contribution in [0.5, 0.6) is 5.88 Å². The zero-order chi connectivity index (χ0) is 9.97. The Morgan fingerprint density at radius 3 is 2.79 bits per heavy atom. The Labute approximate surface area is 83.7 Å². The fourth-order valence-electron chi connectivity index (χ4n) is 1.25. The van der Waals surface area contributed by atoms with Crippen molar-refractivity contribution >= 4 is 0 Å². The third-order valence-electron chi connectivity index (χ3n) is 2.29. The first-order valence-electron chi connectivity index (χ1n) is 4.95. The van der Waals surface area contributed by atoms with E-state index in [0.717, 1.165) is 18.8 Å². The molecule has 0 radical (unpaired) electrons. The second-order valence-corrected chi connectivity index (χ2v) is 3.83. The lowest BCUT2D eigenvalue weighted by molar-refractivity contribution is 0.135. The van der Waals surface area contributed by atoms with Gasteiger partial charge < -0.3 is 10.1 Å². The molecule has 2 rings (SSSR count). The molecule has 0 aromatic carbocycles. The number of aromatic nitrogens is 2. The predicted molar refractivity (Wildman–Crippen MR) is 53.4 cm³/mol. The molecule has 0 bridgehead atoms. The summed E-state index contributed by atoms with van der Waals surface area (Å²) < 4.78 is 5.63. The molecule has 0 atom stereocenters. The highest BCUT2D eigenvalue weighted by Gasteiger charge is 2.19. The van der Waals surface area contributed by atoms with Crippen LogP contribution in [-0.2, 0) is 0 Å². The number of nitrogens with zero attached hydrogens (tertiary/aromatic N) is 2. The van der Waals surface area contributed by atoms with Crippen molar-refractivity contribution in [1.82, 2.24) is 15.3 Å². The van der Waals surface area contributed by atoms with Gasteiger partial charge in [0.05, 0.1) is 5.69 Å². The van der Waals surface area contributed by atoms with Gasteiger partial charge in [0.25, 0.3) is 0 Å². The Morgan fingerprint density at radius 2 is 2.21 bits per heavy atom. The fraction of sp³-hybridized carbons (Fsp3) is 0.600. The maximum atomic E-state index is 5.63. The second kappa shape index (κ2) is 3.92. The zero-order valence-corrected chi connectivity index (χ0v) is 8.53. The van der Waals surface area contributed by atoms with Crippen molar-refractivity contribution in [3.63, 3.8) is 0 Å². The molecule has 14 heavy (non-hydrogen) atoms. The van der Waals surface area contributed by atoms with Crippen LogP contribution in [0.25, 0.3) is 0 Å². The van der Waals surface area contributed by atoms with Gasteiger partial charge in [0.1, 0.15) is 12.4 Å². The van der Waals surface area contributed by atoms with E-state index in [4.69, 9.17) is 4.74 Å². The number of ether oxygens (including phenoxy) is 1. The summed E-state index contributed by atoms with van der Waals surface area (Å²) in [6.07, 6.45) is 1.85. The first-order valence-corrected chi connectivity index (χ1v) is 4.95. The van der Waals surface area contributed by atoms with Crippen LogP contribution in [0, 0.1) is 0 Å². The lowest BCUT2D eigenvalue weighted by Crippen LogP contribution is -2.50. The van der Waals surface area contributed by atoms with Gasteiger partial charge in [0.2, 0.25) is 5.88 Å². The predicted octanol–water partition coefficient (Wildman–Crippen LogP) is 0.951. The minimum absolute atomic E-state index is 0.282. The van der Waals surface area contributed by atoms with Gasteiger partial charge in [-0.25, -0.2) is 9.97 Å². The summed E-state index contributed by atoms with van der Waals surface area (Å²) in [5, 5.41) is 3.15. The standard InChI is InChI=1S/C10H15N3O/c1-7(2)9-3-10(13-6-12-9)14-8-4-11-5-8/h3,6-8,11H,4-5H2,1-2H3. The molecule has 0 saturated carbocycles. The minimum atomic E-state index is 0.282. The Bertz CT molecular complexity index is 310. The van der Waals surface area contributed by atoms with E-state index in [9.17, 15) is 0 Å². The normalized spacial score (nSPS) is 16.8. The van der Waals surface area contributed by atoms with Crippen LogP contribution in [0.15, 0.2) is 12.4 Å². The van der Waals surface area contributed by atoms with Crippen LogP contribution in [0.1, 0.15) is 25.5 Å². The average Bonchev–Trinajstić information content (AvgIpc) is 2.12. The third kappa shape index (κ3) is 2.01. The van der Waals surface area contributed by atoms with E-state index < -0.39 is 0 Å². The van der Waals surface area contributed by atoms with E-state index >= 15 is 0 Å². The van der Waals surface area contributed by atoms with Gasteiger partial charge in [-0.15, -0.1) is 0 Å². The topological polar surface area (TPSA) is 47.0 Å². The maximum absolute atomic E-state index is 5.63. The quantitative estimate of drug-likeness (QED) is 0.776. The van der Waals surface area contributed by atoms with Gasteiger partial charge in [-0.1, -0.05) is 13.8 Å². The van der Waals surface area contributed by atoms with Gasteiger partial charge in [-0.2, -0.15) is 0 Å². The fourth-order valence-corrected chi connectivity index (χ4v) is 1.25. The summed E-state index contributed by atoms with van der Waals surface area (Å²) >= 11 is 0. The summed E-state index contributed by atoms with van der Waals surface area (Å²) in [5.41, 5.74) is 1.03. The van der Waals surface area contributed by atoms with Crippen LogP contribution >= 0.6 is 0 Å². The lowest BCUT2D eigenvalue weighted by Gasteiger charge is -2.27. The molecule has 1 fully saturated rings. The van der Waals surface area contributed by atoms with Crippen LogP contribution in [0.2, 0.25) is 0 Å². The molecule has 0 amide bonds. The van der Waals surface area contributed by atoms with Crippen molar-refractivity contribution in [2.24, 2.45) is 0 Å².